The van der Waals surface area contributed by atoms with Gasteiger partial charge in [-0.15, -0.1) is 10.2 Å². The van der Waals surface area contributed by atoms with E-state index in [4.69, 9.17) is 9.47 Å². The lowest BCUT2D eigenvalue weighted by atomic mass is 9.84. The summed E-state index contributed by atoms with van der Waals surface area (Å²) in [6.07, 6.45) is -1.03. The molecule has 1 aromatic heterocycles. The zero-order valence-corrected chi connectivity index (χ0v) is 28.8. The summed E-state index contributed by atoms with van der Waals surface area (Å²) in [5.74, 6) is 0.322. The first-order chi connectivity index (χ1) is 23.9. The van der Waals surface area contributed by atoms with Crippen LogP contribution in [-0.2, 0) is 27.3 Å². The van der Waals surface area contributed by atoms with E-state index in [2.05, 4.69) is 33.0 Å². The number of aliphatic hydroxyl groups excluding tert-OH is 1. The van der Waals surface area contributed by atoms with E-state index in [1.54, 1.807) is 29.2 Å². The lowest BCUT2D eigenvalue weighted by Crippen LogP contribution is -2.43. The Morgan fingerprint density at radius 3 is 2.24 bits per heavy atom. The number of aryl methyl sites for hydroxylation is 1. The highest BCUT2D eigenvalue weighted by Crippen LogP contribution is 2.48. The second kappa shape index (κ2) is 16.3. The molecule has 252 valence electrons. The third kappa shape index (κ3) is 9.00. The molecule has 9 nitrogen and oxygen atoms in total. The number of Topliss-reactive ketones (excluding diaryl/α,β-unsaturated/α-hetero) is 1. The van der Waals surface area contributed by atoms with Gasteiger partial charge >= 0.3 is 6.03 Å². The molecule has 2 amide bonds. The summed E-state index contributed by atoms with van der Waals surface area (Å²) in [6.45, 7) is 3.36. The number of ketones is 1. The number of carbonyl (C=O) groups is 2. The van der Waals surface area contributed by atoms with Crippen molar-refractivity contribution in [3.8, 4) is 0 Å². The highest BCUT2D eigenvalue weighted by Gasteiger charge is 2.42. The first-order valence-electron chi connectivity index (χ1n) is 16.1. The largest absolute Gasteiger partial charge is 0.392 e. The third-order valence-corrected chi connectivity index (χ3v) is 10.4. The zero-order valence-electron chi connectivity index (χ0n) is 27.2. The lowest BCUT2D eigenvalue weighted by molar-refractivity contribution is -0.255. The van der Waals surface area contributed by atoms with Crippen molar-refractivity contribution in [1.82, 2.24) is 15.5 Å². The number of aliphatic hydroxyl groups is 1. The van der Waals surface area contributed by atoms with Gasteiger partial charge in [0.1, 0.15) is 5.01 Å². The van der Waals surface area contributed by atoms with E-state index in [-0.39, 0.29) is 30.5 Å². The molecule has 2 heterocycles. The van der Waals surface area contributed by atoms with Gasteiger partial charge in [-0.2, -0.15) is 0 Å². The second-order valence-corrected chi connectivity index (χ2v) is 14.3. The molecule has 1 fully saturated rings. The topological polar surface area (TPSA) is 123 Å². The van der Waals surface area contributed by atoms with Crippen molar-refractivity contribution in [2.75, 3.05) is 11.1 Å². The number of ether oxygens (including phenoxy) is 2. The molecular weight excluding hydrogens is 657 g/mol. The van der Waals surface area contributed by atoms with Crippen molar-refractivity contribution in [2.45, 2.75) is 61.7 Å². The molecule has 0 spiro atoms. The minimum absolute atomic E-state index is 0.0486. The Labute approximate surface area is 294 Å². The first-order valence-corrected chi connectivity index (χ1v) is 17.9. The second-order valence-electron chi connectivity index (χ2n) is 11.9. The summed E-state index contributed by atoms with van der Waals surface area (Å²) in [6, 6.07) is 33.8. The van der Waals surface area contributed by atoms with E-state index < -0.39 is 18.4 Å². The fourth-order valence-corrected chi connectivity index (χ4v) is 7.79. The van der Waals surface area contributed by atoms with E-state index in [0.717, 1.165) is 37.2 Å². The summed E-state index contributed by atoms with van der Waals surface area (Å²) in [5.41, 5.74) is 5.08. The average molecular weight is 695 g/mol. The van der Waals surface area contributed by atoms with Gasteiger partial charge in [0.15, 0.2) is 16.4 Å². The molecule has 5 unspecified atom stereocenters. The molecule has 0 aliphatic carbocycles. The molecule has 5 aromatic rings. The Hall–Kier alpha value is -4.39. The number of amides is 2. The van der Waals surface area contributed by atoms with Crippen LogP contribution in [0.15, 0.2) is 114 Å². The van der Waals surface area contributed by atoms with Crippen molar-refractivity contribution in [3.63, 3.8) is 0 Å². The number of thioether (sulfide) groups is 1. The molecule has 11 heteroatoms. The Balaban J connectivity index is 1.26. The average Bonchev–Trinajstić information content (AvgIpc) is 3.55. The molecule has 0 bridgehead atoms. The van der Waals surface area contributed by atoms with Gasteiger partial charge in [-0.3, -0.25) is 4.79 Å². The number of hydrogen-bond acceptors (Lipinski definition) is 9. The van der Waals surface area contributed by atoms with Gasteiger partial charge in [-0.25, -0.2) is 4.79 Å². The summed E-state index contributed by atoms with van der Waals surface area (Å²) in [5, 5.41) is 24.8. The van der Waals surface area contributed by atoms with Crippen LogP contribution in [0, 0.1) is 6.92 Å². The maximum Gasteiger partial charge on any atom is 0.319 e. The number of rotatable bonds is 12. The van der Waals surface area contributed by atoms with Crippen molar-refractivity contribution < 1.29 is 24.2 Å². The molecule has 3 N–H and O–H groups in total. The van der Waals surface area contributed by atoms with Crippen LogP contribution in [0.5, 0.6) is 0 Å². The predicted octanol–water partition coefficient (Wildman–Crippen LogP) is 7.39. The quantitative estimate of drug-likeness (QED) is 0.116. The Bertz CT molecular complexity index is 1840. The predicted molar refractivity (Wildman–Crippen MR) is 192 cm³/mol. The van der Waals surface area contributed by atoms with E-state index in [0.29, 0.717) is 17.9 Å². The highest BCUT2D eigenvalue weighted by molar-refractivity contribution is 8.01. The van der Waals surface area contributed by atoms with E-state index in [1.807, 2.05) is 97.9 Å². The highest BCUT2D eigenvalue weighted by atomic mass is 32.2. The van der Waals surface area contributed by atoms with Gasteiger partial charge in [-0.1, -0.05) is 120 Å². The molecule has 4 aromatic carbocycles. The Morgan fingerprint density at radius 2 is 1.57 bits per heavy atom. The van der Waals surface area contributed by atoms with Crippen LogP contribution < -0.4 is 10.6 Å². The van der Waals surface area contributed by atoms with E-state index in [1.165, 1.54) is 6.92 Å². The van der Waals surface area contributed by atoms with Crippen LogP contribution in [0.25, 0.3) is 0 Å². The zero-order chi connectivity index (χ0) is 34.2. The van der Waals surface area contributed by atoms with Crippen molar-refractivity contribution >= 4 is 40.6 Å². The minimum atomic E-state index is -0.753. The molecular formula is C38H38N4O5S2. The summed E-state index contributed by atoms with van der Waals surface area (Å²) in [7, 11) is 0. The number of anilines is 1. The molecule has 1 saturated heterocycles. The number of nitrogens with one attached hydrogen (secondary N) is 2. The fourth-order valence-electron chi connectivity index (χ4n) is 5.88. The SMILES string of the molecule is CC(=O)C(Cc1ccccc1)NC(=O)Nc1cccc(C2OC(CSc3nnc(C)s3)C(c3ccccc3)C(c3ccc(CO)cc3)O2)c1. The van der Waals surface area contributed by atoms with E-state index >= 15 is 0 Å². The minimum Gasteiger partial charge on any atom is -0.392 e. The van der Waals surface area contributed by atoms with Crippen LogP contribution in [0.4, 0.5) is 10.5 Å². The monoisotopic (exact) mass is 694 g/mol. The maximum atomic E-state index is 13.1. The van der Waals surface area contributed by atoms with Crippen molar-refractivity contribution in [3.05, 3.63) is 142 Å². The van der Waals surface area contributed by atoms with Crippen LogP contribution in [0.1, 0.15) is 58.1 Å². The normalized spacial score (nSPS) is 19.6. The van der Waals surface area contributed by atoms with Crippen LogP contribution in [0.2, 0.25) is 0 Å². The lowest BCUT2D eigenvalue weighted by Gasteiger charge is -2.43. The van der Waals surface area contributed by atoms with Crippen LogP contribution in [0.3, 0.4) is 0 Å². The number of hydrogen-bond donors (Lipinski definition) is 3. The van der Waals surface area contributed by atoms with Gasteiger partial charge < -0.3 is 25.2 Å². The first kappa shape index (κ1) is 34.5. The number of aromatic nitrogens is 2. The molecule has 1 aliphatic heterocycles. The Kier molecular flexibility index (Phi) is 11.5. The number of nitrogens with zero attached hydrogens (tertiary/aromatic N) is 2. The van der Waals surface area contributed by atoms with Crippen molar-refractivity contribution in [1.29, 1.82) is 0 Å². The van der Waals surface area contributed by atoms with Crippen LogP contribution >= 0.6 is 23.1 Å². The number of carbonyl (C=O) groups excluding carboxylic acids is 2. The Morgan fingerprint density at radius 1 is 0.857 bits per heavy atom. The van der Waals surface area contributed by atoms with Gasteiger partial charge in [0.05, 0.1) is 24.9 Å². The number of urea groups is 1. The molecule has 6 rings (SSSR count). The van der Waals surface area contributed by atoms with Crippen LogP contribution in [-0.4, -0.2) is 45.0 Å². The molecule has 0 radical (unpaired) electrons. The summed E-state index contributed by atoms with van der Waals surface area (Å²) >= 11 is 3.15. The standard InChI is InChI=1S/C38H38N4O5S2/c1-24(44)32(20-26-10-5-3-6-11-26)40-37(45)39-31-15-9-14-30(21-31)36-46-33(23-48-38-42-41-25(2)49-38)34(28-12-7-4-8-13-28)35(47-36)29-18-16-27(22-43)17-19-29/h3-19,21,32-36,43H,20,22-23H2,1-2H3,(H2,39,40,45). The number of benzene rings is 4. The summed E-state index contributed by atoms with van der Waals surface area (Å²) in [4.78, 5) is 25.5. The summed E-state index contributed by atoms with van der Waals surface area (Å²) < 4.78 is 14.5. The molecule has 1 aliphatic rings. The molecule has 0 saturated carbocycles. The van der Waals surface area contributed by atoms with Gasteiger partial charge in [0, 0.05) is 22.9 Å². The van der Waals surface area contributed by atoms with E-state index in [9.17, 15) is 14.7 Å². The maximum absolute atomic E-state index is 13.1. The molecule has 5 atom stereocenters. The third-order valence-electron chi connectivity index (χ3n) is 8.34. The van der Waals surface area contributed by atoms with Crippen molar-refractivity contribution in [2.24, 2.45) is 0 Å². The smallest absolute Gasteiger partial charge is 0.319 e. The van der Waals surface area contributed by atoms with Gasteiger partial charge in [0.2, 0.25) is 0 Å². The van der Waals surface area contributed by atoms with Gasteiger partial charge in [0.25, 0.3) is 0 Å². The van der Waals surface area contributed by atoms with Gasteiger partial charge in [-0.05, 0) is 54.7 Å². The molecule has 49 heavy (non-hydrogen) atoms. The fraction of sp³-hybridized carbons (Fsp3) is 0.263.